The van der Waals surface area contributed by atoms with E-state index < -0.39 is 12.8 Å². The molecule has 2 aliphatic rings. The first kappa shape index (κ1) is 13.8. The molecule has 1 N–H and O–H groups in total. The van der Waals surface area contributed by atoms with E-state index in [9.17, 15) is 13.2 Å². The molecule has 0 amide bonds. The third-order valence-electron chi connectivity index (χ3n) is 3.47. The molecule has 110 valence electrons. The van der Waals surface area contributed by atoms with Gasteiger partial charge in [0.25, 0.3) is 0 Å². The van der Waals surface area contributed by atoms with Gasteiger partial charge in [0.2, 0.25) is 0 Å². The maximum absolute atomic E-state index is 12.0. The normalized spacial score (nSPS) is 18.4. The molecule has 1 aromatic heterocycles. The van der Waals surface area contributed by atoms with Crippen LogP contribution >= 0.6 is 0 Å². The molecule has 4 nitrogen and oxygen atoms in total. The van der Waals surface area contributed by atoms with E-state index in [4.69, 9.17) is 0 Å². The first-order valence-electron chi connectivity index (χ1n) is 6.77. The highest BCUT2D eigenvalue weighted by Gasteiger charge is 2.31. The lowest BCUT2D eigenvalue weighted by atomic mass is 10.1. The summed E-state index contributed by atoms with van der Waals surface area (Å²) in [6, 6.07) is 0. The average molecular weight is 287 g/mol. The Morgan fingerprint density at radius 2 is 2.00 bits per heavy atom. The van der Waals surface area contributed by atoms with Crippen molar-refractivity contribution in [2.24, 2.45) is 0 Å². The fourth-order valence-electron chi connectivity index (χ4n) is 2.40. The summed E-state index contributed by atoms with van der Waals surface area (Å²) in [4.78, 5) is 8.95. The highest BCUT2D eigenvalue weighted by atomic mass is 19.4. The Morgan fingerprint density at radius 1 is 1.20 bits per heavy atom. The van der Waals surface area contributed by atoms with E-state index in [1.54, 1.807) is 0 Å². The molecule has 0 saturated heterocycles. The van der Waals surface area contributed by atoms with Crippen LogP contribution in [0.15, 0.2) is 0 Å². The molecule has 0 bridgehead atoms. The Labute approximate surface area is 114 Å². The van der Waals surface area contributed by atoms with Gasteiger partial charge in [-0.15, -0.1) is 0 Å². The van der Waals surface area contributed by atoms with Gasteiger partial charge in [-0.3, -0.25) is 0 Å². The molecule has 1 aliphatic heterocycles. The fourth-order valence-corrected chi connectivity index (χ4v) is 2.40. The number of ether oxygens (including phenoxy) is 1. The minimum atomic E-state index is -4.28. The zero-order valence-corrected chi connectivity index (χ0v) is 11.0. The van der Waals surface area contributed by atoms with Crippen LogP contribution in [0, 0.1) is 0 Å². The molecular formula is C13H16F3N3O. The van der Waals surface area contributed by atoms with Crippen molar-refractivity contribution in [3.05, 3.63) is 22.8 Å². The zero-order chi connectivity index (χ0) is 14.2. The van der Waals surface area contributed by atoms with E-state index in [2.05, 4.69) is 20.0 Å². The second-order valence-electron chi connectivity index (χ2n) is 5.25. The lowest BCUT2D eigenvalue weighted by molar-refractivity contribution is -0.173. The van der Waals surface area contributed by atoms with Crippen LogP contribution in [-0.4, -0.2) is 29.4 Å². The number of alkyl halides is 3. The monoisotopic (exact) mass is 287 g/mol. The van der Waals surface area contributed by atoms with E-state index in [0.717, 1.165) is 30.8 Å². The molecule has 2 heterocycles. The molecule has 20 heavy (non-hydrogen) atoms. The van der Waals surface area contributed by atoms with Crippen LogP contribution < -0.4 is 5.32 Å². The van der Waals surface area contributed by atoms with Crippen LogP contribution in [0.2, 0.25) is 0 Å². The Kier molecular flexibility index (Phi) is 3.64. The van der Waals surface area contributed by atoms with Crippen LogP contribution in [0.1, 0.15) is 41.5 Å². The van der Waals surface area contributed by atoms with Crippen molar-refractivity contribution >= 4 is 0 Å². The van der Waals surface area contributed by atoms with Crippen LogP contribution in [0.4, 0.5) is 13.2 Å². The van der Waals surface area contributed by atoms with Crippen molar-refractivity contribution in [1.82, 2.24) is 15.3 Å². The Balaban J connectivity index is 1.63. The quantitative estimate of drug-likeness (QED) is 0.842. The van der Waals surface area contributed by atoms with Crippen molar-refractivity contribution in [3.63, 3.8) is 0 Å². The molecule has 7 heteroatoms. The number of fused-ring (bicyclic) bond motifs is 1. The SMILES string of the molecule is FC(F)(F)COCCc1nc2c(c(C3CC3)n1)CNC2. The van der Waals surface area contributed by atoms with Crippen LogP contribution in [-0.2, 0) is 24.2 Å². The van der Waals surface area contributed by atoms with Crippen molar-refractivity contribution in [3.8, 4) is 0 Å². The second kappa shape index (κ2) is 5.29. The summed E-state index contributed by atoms with van der Waals surface area (Å²) in [5.74, 6) is 1.11. The third kappa shape index (κ3) is 3.27. The minimum absolute atomic E-state index is 0.00414. The molecular weight excluding hydrogens is 271 g/mol. The number of nitrogens with zero attached hydrogens (tertiary/aromatic N) is 2. The molecule has 0 aromatic carbocycles. The smallest absolute Gasteiger partial charge is 0.372 e. The molecule has 1 aromatic rings. The van der Waals surface area contributed by atoms with Crippen molar-refractivity contribution in [2.75, 3.05) is 13.2 Å². The Hall–Kier alpha value is -1.21. The summed E-state index contributed by atoms with van der Waals surface area (Å²) in [6.07, 6.45) is -1.66. The van der Waals surface area contributed by atoms with E-state index in [0.29, 0.717) is 24.7 Å². The predicted molar refractivity (Wildman–Crippen MR) is 65.1 cm³/mol. The number of aromatic nitrogens is 2. The standard InChI is InChI=1S/C13H16F3N3O/c14-13(15,16)7-20-4-3-11-18-10-6-17-5-9(10)12(19-11)8-1-2-8/h8,17H,1-7H2. The van der Waals surface area contributed by atoms with Gasteiger partial charge < -0.3 is 10.1 Å². The van der Waals surface area contributed by atoms with Gasteiger partial charge in [0.15, 0.2) is 0 Å². The third-order valence-corrected chi connectivity index (χ3v) is 3.47. The fraction of sp³-hybridized carbons (Fsp3) is 0.692. The van der Waals surface area contributed by atoms with E-state index in [-0.39, 0.29) is 6.61 Å². The van der Waals surface area contributed by atoms with Gasteiger partial charge in [0.1, 0.15) is 12.4 Å². The molecule has 1 fully saturated rings. The van der Waals surface area contributed by atoms with Gasteiger partial charge >= 0.3 is 6.18 Å². The van der Waals surface area contributed by atoms with Gasteiger partial charge in [-0.05, 0) is 12.8 Å². The predicted octanol–water partition coefficient (Wildman–Crippen LogP) is 2.08. The molecule has 0 atom stereocenters. The lowest BCUT2D eigenvalue weighted by Gasteiger charge is -2.10. The molecule has 0 spiro atoms. The largest absolute Gasteiger partial charge is 0.411 e. The van der Waals surface area contributed by atoms with Crippen molar-refractivity contribution < 1.29 is 17.9 Å². The number of nitrogens with one attached hydrogen (secondary N) is 1. The number of hydrogen-bond acceptors (Lipinski definition) is 4. The summed E-state index contributed by atoms with van der Waals surface area (Å²) in [5, 5.41) is 3.24. The van der Waals surface area contributed by atoms with Crippen molar-refractivity contribution in [2.45, 2.75) is 44.4 Å². The summed E-state index contributed by atoms with van der Waals surface area (Å²) in [7, 11) is 0. The van der Waals surface area contributed by atoms with Crippen LogP contribution in [0.3, 0.4) is 0 Å². The van der Waals surface area contributed by atoms with Gasteiger partial charge in [0, 0.05) is 31.0 Å². The second-order valence-corrected chi connectivity index (χ2v) is 5.25. The van der Waals surface area contributed by atoms with Crippen LogP contribution in [0.5, 0.6) is 0 Å². The minimum Gasteiger partial charge on any atom is -0.372 e. The van der Waals surface area contributed by atoms with Crippen molar-refractivity contribution in [1.29, 1.82) is 0 Å². The summed E-state index contributed by atoms with van der Waals surface area (Å²) >= 11 is 0. The molecule has 3 rings (SSSR count). The topological polar surface area (TPSA) is 47.0 Å². The summed E-state index contributed by atoms with van der Waals surface area (Å²) < 4.78 is 40.5. The molecule has 1 aliphatic carbocycles. The lowest BCUT2D eigenvalue weighted by Crippen LogP contribution is -2.18. The molecule has 0 radical (unpaired) electrons. The maximum atomic E-state index is 12.0. The summed E-state index contributed by atoms with van der Waals surface area (Å²) in [5.41, 5.74) is 3.27. The van der Waals surface area contributed by atoms with E-state index >= 15 is 0 Å². The molecule has 0 unspecified atom stereocenters. The van der Waals surface area contributed by atoms with Crippen LogP contribution in [0.25, 0.3) is 0 Å². The van der Waals surface area contributed by atoms with E-state index in [1.807, 2.05) is 0 Å². The summed E-state index contributed by atoms with van der Waals surface area (Å²) in [6.45, 7) is 0.296. The maximum Gasteiger partial charge on any atom is 0.411 e. The highest BCUT2D eigenvalue weighted by molar-refractivity contribution is 5.33. The van der Waals surface area contributed by atoms with Gasteiger partial charge in [-0.1, -0.05) is 0 Å². The van der Waals surface area contributed by atoms with Gasteiger partial charge in [0.05, 0.1) is 18.0 Å². The number of rotatable bonds is 5. The zero-order valence-electron chi connectivity index (χ0n) is 11.0. The Bertz CT molecular complexity index is 500. The number of hydrogen-bond donors (Lipinski definition) is 1. The molecule has 1 saturated carbocycles. The van der Waals surface area contributed by atoms with Gasteiger partial charge in [-0.25, -0.2) is 9.97 Å². The van der Waals surface area contributed by atoms with Gasteiger partial charge in [-0.2, -0.15) is 13.2 Å². The highest BCUT2D eigenvalue weighted by Crippen LogP contribution is 2.41. The Morgan fingerprint density at radius 3 is 2.70 bits per heavy atom. The first-order valence-corrected chi connectivity index (χ1v) is 6.77. The first-order chi connectivity index (χ1) is 9.53. The average Bonchev–Trinajstić information content (AvgIpc) is 3.11. The van der Waals surface area contributed by atoms with E-state index in [1.165, 1.54) is 5.56 Å². The number of halogens is 3.